The van der Waals surface area contributed by atoms with Crippen LogP contribution in [0.5, 0.6) is 5.75 Å². The van der Waals surface area contributed by atoms with Gasteiger partial charge in [0.25, 0.3) is 0 Å². The Balaban J connectivity index is 2.56. The summed E-state index contributed by atoms with van der Waals surface area (Å²) < 4.78 is 29.0. The molecule has 24 heavy (non-hydrogen) atoms. The molecule has 0 heterocycles. The highest BCUT2D eigenvalue weighted by molar-refractivity contribution is 7.92. The van der Waals surface area contributed by atoms with E-state index in [1.165, 1.54) is 0 Å². The first-order chi connectivity index (χ1) is 11.2. The van der Waals surface area contributed by atoms with E-state index in [1.807, 2.05) is 31.2 Å². The van der Waals surface area contributed by atoms with Crippen molar-refractivity contribution in [3.8, 4) is 5.75 Å². The summed E-state index contributed by atoms with van der Waals surface area (Å²) in [6, 6.07) is 7.78. The Bertz CT molecular complexity index is 649. The molecule has 2 N–H and O–H groups in total. The zero-order valence-corrected chi connectivity index (χ0v) is 16.0. The van der Waals surface area contributed by atoms with Crippen LogP contribution < -0.4 is 15.4 Å². The summed E-state index contributed by atoms with van der Waals surface area (Å²) in [5.41, 5.74) is 1.02. The van der Waals surface area contributed by atoms with Crippen molar-refractivity contribution in [1.29, 1.82) is 0 Å². The van der Waals surface area contributed by atoms with Crippen molar-refractivity contribution in [2.75, 3.05) is 26.0 Å². The Kier molecular flexibility index (Phi) is 7.54. The number of sulfone groups is 1. The zero-order chi connectivity index (χ0) is 18.2. The van der Waals surface area contributed by atoms with Crippen LogP contribution in [0.3, 0.4) is 0 Å². The standard InChI is InChI=1S/C17H29N3O3S/c1-6-23-15-10-8-7-9-14(15)13-20-16(18-5)19-11-12-24(21,22)17(2,3)4/h7-10H,6,11-13H2,1-5H3,(H2,18,19,20). The fourth-order valence-electron chi connectivity index (χ4n) is 1.96. The highest BCUT2D eigenvalue weighted by Crippen LogP contribution is 2.17. The topological polar surface area (TPSA) is 79.8 Å². The van der Waals surface area contributed by atoms with Gasteiger partial charge in [-0.2, -0.15) is 0 Å². The highest BCUT2D eigenvalue weighted by atomic mass is 32.2. The second-order valence-corrected chi connectivity index (χ2v) is 9.19. The molecule has 0 aliphatic carbocycles. The largest absolute Gasteiger partial charge is 0.494 e. The minimum absolute atomic E-state index is 0.0622. The summed E-state index contributed by atoms with van der Waals surface area (Å²) in [4.78, 5) is 4.12. The van der Waals surface area contributed by atoms with Crippen molar-refractivity contribution < 1.29 is 13.2 Å². The van der Waals surface area contributed by atoms with E-state index in [2.05, 4.69) is 15.6 Å². The molecule has 0 saturated heterocycles. The Hall–Kier alpha value is -1.76. The fourth-order valence-corrected chi connectivity index (χ4v) is 2.94. The number of guanidine groups is 1. The molecule has 0 amide bonds. The molecule has 0 fully saturated rings. The van der Waals surface area contributed by atoms with E-state index in [-0.39, 0.29) is 5.75 Å². The molecule has 0 aromatic heterocycles. The van der Waals surface area contributed by atoms with Crippen molar-refractivity contribution >= 4 is 15.8 Å². The minimum Gasteiger partial charge on any atom is -0.494 e. The lowest BCUT2D eigenvalue weighted by molar-refractivity contribution is 0.336. The highest BCUT2D eigenvalue weighted by Gasteiger charge is 2.28. The summed E-state index contributed by atoms with van der Waals surface area (Å²) in [6.45, 7) is 8.53. The Morgan fingerprint density at radius 3 is 2.46 bits per heavy atom. The molecule has 0 saturated carbocycles. The molecular formula is C17H29N3O3S. The van der Waals surface area contributed by atoms with Crippen molar-refractivity contribution in [3.05, 3.63) is 29.8 Å². The quantitative estimate of drug-likeness (QED) is 0.577. The van der Waals surface area contributed by atoms with Gasteiger partial charge in [0.15, 0.2) is 15.8 Å². The van der Waals surface area contributed by atoms with Gasteiger partial charge in [0, 0.05) is 25.7 Å². The molecule has 0 atom stereocenters. The number of nitrogens with one attached hydrogen (secondary N) is 2. The van der Waals surface area contributed by atoms with E-state index in [0.717, 1.165) is 11.3 Å². The van der Waals surface area contributed by atoms with Crippen molar-refractivity contribution in [2.24, 2.45) is 4.99 Å². The third-order valence-corrected chi connectivity index (χ3v) is 6.15. The smallest absolute Gasteiger partial charge is 0.191 e. The second-order valence-electron chi connectivity index (χ2n) is 6.32. The molecule has 0 radical (unpaired) electrons. The average molecular weight is 356 g/mol. The molecule has 0 aliphatic rings. The summed E-state index contributed by atoms with van der Waals surface area (Å²) in [5, 5.41) is 6.21. The lowest BCUT2D eigenvalue weighted by atomic mass is 10.2. The second kappa shape index (κ2) is 8.92. The van der Waals surface area contributed by atoms with Crippen molar-refractivity contribution in [1.82, 2.24) is 10.6 Å². The Morgan fingerprint density at radius 1 is 1.21 bits per heavy atom. The summed E-state index contributed by atoms with van der Waals surface area (Å²) >= 11 is 0. The Labute approximate surface area is 145 Å². The van der Waals surface area contributed by atoms with Gasteiger partial charge >= 0.3 is 0 Å². The van der Waals surface area contributed by atoms with E-state index in [1.54, 1.807) is 27.8 Å². The van der Waals surface area contributed by atoms with Crippen LogP contribution in [0.1, 0.15) is 33.3 Å². The van der Waals surface area contributed by atoms with Gasteiger partial charge in [0.05, 0.1) is 17.1 Å². The van der Waals surface area contributed by atoms with Crippen molar-refractivity contribution in [3.63, 3.8) is 0 Å². The molecule has 0 spiro atoms. The first-order valence-corrected chi connectivity index (χ1v) is 9.74. The number of rotatable bonds is 7. The van der Waals surface area contributed by atoms with Gasteiger partial charge in [-0.05, 0) is 33.8 Å². The molecule has 1 aromatic rings. The van der Waals surface area contributed by atoms with Crippen LogP contribution in [0.4, 0.5) is 0 Å². The number of benzene rings is 1. The molecule has 7 heteroatoms. The number of hydrogen-bond acceptors (Lipinski definition) is 4. The normalized spacial score (nSPS) is 12.8. The summed E-state index contributed by atoms with van der Waals surface area (Å²) in [5.74, 6) is 1.45. The predicted molar refractivity (Wildman–Crippen MR) is 99.4 cm³/mol. The molecular weight excluding hydrogens is 326 g/mol. The monoisotopic (exact) mass is 355 g/mol. The number of ether oxygens (including phenoxy) is 1. The van der Waals surface area contributed by atoms with E-state index < -0.39 is 14.6 Å². The van der Waals surface area contributed by atoms with Crippen LogP contribution in [0.15, 0.2) is 29.3 Å². The maximum Gasteiger partial charge on any atom is 0.191 e. The number of hydrogen-bond donors (Lipinski definition) is 2. The van der Waals surface area contributed by atoms with Gasteiger partial charge in [-0.25, -0.2) is 8.42 Å². The molecule has 0 unspecified atom stereocenters. The Morgan fingerprint density at radius 2 is 1.88 bits per heavy atom. The summed E-state index contributed by atoms with van der Waals surface area (Å²) in [6.07, 6.45) is 0. The predicted octanol–water partition coefficient (Wildman–Crippen LogP) is 1.96. The van der Waals surface area contributed by atoms with Gasteiger partial charge in [-0.15, -0.1) is 0 Å². The minimum atomic E-state index is -3.15. The van der Waals surface area contributed by atoms with Crippen LogP contribution in [0, 0.1) is 0 Å². The van der Waals surface area contributed by atoms with Crippen LogP contribution in [-0.4, -0.2) is 45.1 Å². The lowest BCUT2D eigenvalue weighted by Gasteiger charge is -2.20. The SMILES string of the molecule is CCOc1ccccc1CNC(=NC)NCCS(=O)(=O)C(C)(C)C. The van der Waals surface area contributed by atoms with Gasteiger partial charge < -0.3 is 15.4 Å². The maximum atomic E-state index is 12.1. The molecule has 1 rings (SSSR count). The van der Waals surface area contributed by atoms with E-state index >= 15 is 0 Å². The van der Waals surface area contributed by atoms with Crippen LogP contribution in [-0.2, 0) is 16.4 Å². The van der Waals surface area contributed by atoms with E-state index in [9.17, 15) is 8.42 Å². The summed E-state index contributed by atoms with van der Waals surface area (Å²) in [7, 11) is -1.49. The number of nitrogens with zero attached hydrogens (tertiary/aromatic N) is 1. The first kappa shape index (κ1) is 20.3. The maximum absolute atomic E-state index is 12.1. The molecule has 0 aliphatic heterocycles. The van der Waals surface area contributed by atoms with Gasteiger partial charge in [-0.3, -0.25) is 4.99 Å². The molecule has 0 bridgehead atoms. The van der Waals surface area contributed by atoms with Crippen LogP contribution in [0.2, 0.25) is 0 Å². The van der Waals surface area contributed by atoms with Crippen molar-refractivity contribution in [2.45, 2.75) is 39.0 Å². The van der Waals surface area contributed by atoms with E-state index in [0.29, 0.717) is 25.7 Å². The third kappa shape index (κ3) is 6.03. The molecule has 136 valence electrons. The number of aliphatic imine (C=N–C) groups is 1. The third-order valence-electron chi connectivity index (χ3n) is 3.54. The lowest BCUT2D eigenvalue weighted by Crippen LogP contribution is -2.41. The van der Waals surface area contributed by atoms with Crippen LogP contribution in [0.25, 0.3) is 0 Å². The average Bonchev–Trinajstić information content (AvgIpc) is 2.51. The molecule has 6 nitrogen and oxygen atoms in total. The number of para-hydroxylation sites is 1. The van der Waals surface area contributed by atoms with E-state index in [4.69, 9.17) is 4.74 Å². The van der Waals surface area contributed by atoms with Gasteiger partial charge in [-0.1, -0.05) is 18.2 Å². The van der Waals surface area contributed by atoms with Crippen LogP contribution >= 0.6 is 0 Å². The van der Waals surface area contributed by atoms with Gasteiger partial charge in [0.2, 0.25) is 0 Å². The fraction of sp³-hybridized carbons (Fsp3) is 0.588. The van der Waals surface area contributed by atoms with Gasteiger partial charge in [0.1, 0.15) is 5.75 Å². The first-order valence-electron chi connectivity index (χ1n) is 8.08. The zero-order valence-electron chi connectivity index (χ0n) is 15.2. The molecule has 1 aromatic carbocycles.